The lowest BCUT2D eigenvalue weighted by Gasteiger charge is -2.07. The van der Waals surface area contributed by atoms with E-state index in [-0.39, 0.29) is 5.91 Å². The van der Waals surface area contributed by atoms with Gasteiger partial charge in [-0.1, -0.05) is 41.4 Å². The Morgan fingerprint density at radius 2 is 1.71 bits per heavy atom. The highest BCUT2D eigenvalue weighted by atomic mass is 35.5. The van der Waals surface area contributed by atoms with E-state index in [0.717, 1.165) is 27.8 Å². The first-order chi connectivity index (χ1) is 15.0. The largest absolute Gasteiger partial charge is 0.497 e. The number of rotatable bonds is 6. The van der Waals surface area contributed by atoms with Gasteiger partial charge in [-0.25, -0.2) is 4.98 Å². The Hall–Kier alpha value is -3.06. The van der Waals surface area contributed by atoms with Crippen LogP contribution < -0.4 is 15.4 Å². The summed E-state index contributed by atoms with van der Waals surface area (Å²) >= 11 is 13.5. The second-order valence-electron chi connectivity index (χ2n) is 6.58. The maximum atomic E-state index is 12.4. The summed E-state index contributed by atoms with van der Waals surface area (Å²) in [4.78, 5) is 17.1. The molecule has 4 rings (SSSR count). The molecule has 2 N–H and O–H groups in total. The number of methoxy groups -OCH3 is 1. The van der Waals surface area contributed by atoms with Gasteiger partial charge in [0.15, 0.2) is 5.13 Å². The molecule has 0 aliphatic carbocycles. The molecule has 0 radical (unpaired) electrons. The van der Waals surface area contributed by atoms with Crippen molar-refractivity contribution in [2.75, 3.05) is 17.7 Å². The van der Waals surface area contributed by atoms with Crippen molar-refractivity contribution in [2.45, 2.75) is 0 Å². The molecule has 0 unspecified atom stereocenters. The average molecular weight is 470 g/mol. The van der Waals surface area contributed by atoms with Gasteiger partial charge in [0.05, 0.1) is 12.8 Å². The molecule has 4 aromatic rings. The monoisotopic (exact) mass is 469 g/mol. The van der Waals surface area contributed by atoms with E-state index in [1.54, 1.807) is 25.3 Å². The molecule has 1 aromatic heterocycles. The maximum absolute atomic E-state index is 12.4. The Morgan fingerprint density at radius 3 is 2.42 bits per heavy atom. The Balaban J connectivity index is 1.44. The molecule has 0 saturated heterocycles. The number of benzene rings is 3. The van der Waals surface area contributed by atoms with E-state index in [1.807, 2.05) is 53.9 Å². The maximum Gasteiger partial charge on any atom is 0.255 e. The summed E-state index contributed by atoms with van der Waals surface area (Å²) in [6.45, 7) is 0. The minimum Gasteiger partial charge on any atom is -0.497 e. The number of amides is 1. The van der Waals surface area contributed by atoms with Crippen molar-refractivity contribution < 1.29 is 9.53 Å². The fourth-order valence-corrected chi connectivity index (χ4v) is 4.17. The third kappa shape index (κ3) is 5.35. The van der Waals surface area contributed by atoms with Crippen LogP contribution in [0.25, 0.3) is 11.3 Å². The first-order valence-electron chi connectivity index (χ1n) is 9.24. The molecule has 0 bridgehead atoms. The highest BCUT2D eigenvalue weighted by Gasteiger charge is 2.10. The van der Waals surface area contributed by atoms with Gasteiger partial charge < -0.3 is 15.4 Å². The van der Waals surface area contributed by atoms with Gasteiger partial charge in [-0.2, -0.15) is 0 Å². The number of carbonyl (C=O) groups excluding carboxylic acids is 1. The van der Waals surface area contributed by atoms with Crippen LogP contribution in [-0.2, 0) is 0 Å². The quantitative estimate of drug-likeness (QED) is 0.315. The Morgan fingerprint density at radius 1 is 0.968 bits per heavy atom. The third-order valence-electron chi connectivity index (χ3n) is 4.39. The second kappa shape index (κ2) is 9.39. The summed E-state index contributed by atoms with van der Waals surface area (Å²) in [5.41, 5.74) is 3.75. The summed E-state index contributed by atoms with van der Waals surface area (Å²) in [5.74, 6) is 0.495. The van der Waals surface area contributed by atoms with Crippen LogP contribution in [0.1, 0.15) is 10.4 Å². The lowest BCUT2D eigenvalue weighted by atomic mass is 10.1. The van der Waals surface area contributed by atoms with Gasteiger partial charge in [-0.3, -0.25) is 4.79 Å². The highest BCUT2D eigenvalue weighted by Crippen LogP contribution is 2.29. The highest BCUT2D eigenvalue weighted by molar-refractivity contribution is 7.14. The third-order valence-corrected chi connectivity index (χ3v) is 5.58. The molecule has 31 heavy (non-hydrogen) atoms. The molecule has 0 spiro atoms. The van der Waals surface area contributed by atoms with Crippen molar-refractivity contribution in [3.8, 4) is 17.0 Å². The fraction of sp³-hybridized carbons (Fsp3) is 0.0435. The number of aromatic nitrogens is 1. The van der Waals surface area contributed by atoms with E-state index in [0.29, 0.717) is 21.3 Å². The van der Waals surface area contributed by atoms with E-state index >= 15 is 0 Å². The molecule has 1 amide bonds. The van der Waals surface area contributed by atoms with Crippen LogP contribution in [0.4, 0.5) is 16.5 Å². The number of thiazole rings is 1. The summed E-state index contributed by atoms with van der Waals surface area (Å²) in [5, 5.41) is 9.70. The van der Waals surface area contributed by atoms with Gasteiger partial charge in [-0.15, -0.1) is 11.3 Å². The van der Waals surface area contributed by atoms with Gasteiger partial charge in [-0.05, 0) is 42.5 Å². The molecular formula is C23H17Cl2N3O2S. The van der Waals surface area contributed by atoms with Gasteiger partial charge in [0.25, 0.3) is 5.91 Å². The number of anilines is 3. The van der Waals surface area contributed by atoms with Gasteiger partial charge in [0.1, 0.15) is 5.75 Å². The number of ether oxygens (including phenoxy) is 1. The van der Waals surface area contributed by atoms with Crippen molar-refractivity contribution in [1.29, 1.82) is 0 Å². The first kappa shape index (κ1) is 21.2. The number of nitrogens with one attached hydrogen (secondary N) is 2. The van der Waals surface area contributed by atoms with Crippen LogP contribution in [0.15, 0.2) is 72.1 Å². The zero-order valence-corrected chi connectivity index (χ0v) is 18.7. The zero-order chi connectivity index (χ0) is 21.8. The molecule has 1 heterocycles. The van der Waals surface area contributed by atoms with Crippen LogP contribution in [-0.4, -0.2) is 18.0 Å². The molecule has 156 valence electrons. The topological polar surface area (TPSA) is 63.2 Å². The van der Waals surface area contributed by atoms with Crippen molar-refractivity contribution >= 4 is 57.0 Å². The van der Waals surface area contributed by atoms with Crippen molar-refractivity contribution in [3.05, 3.63) is 87.7 Å². The number of halogens is 2. The lowest BCUT2D eigenvalue weighted by Crippen LogP contribution is -2.11. The fourth-order valence-electron chi connectivity index (χ4n) is 2.90. The van der Waals surface area contributed by atoms with E-state index in [2.05, 4.69) is 15.6 Å². The van der Waals surface area contributed by atoms with E-state index in [4.69, 9.17) is 27.9 Å². The van der Waals surface area contributed by atoms with Crippen molar-refractivity contribution in [2.24, 2.45) is 0 Å². The summed E-state index contributed by atoms with van der Waals surface area (Å²) in [7, 11) is 1.64. The Kier molecular flexibility index (Phi) is 6.42. The van der Waals surface area contributed by atoms with Crippen LogP contribution in [0, 0.1) is 0 Å². The van der Waals surface area contributed by atoms with E-state index < -0.39 is 0 Å². The smallest absolute Gasteiger partial charge is 0.255 e. The number of hydrogen-bond donors (Lipinski definition) is 2. The minimum atomic E-state index is -0.282. The van der Waals surface area contributed by atoms with Crippen molar-refractivity contribution in [1.82, 2.24) is 4.98 Å². The van der Waals surface area contributed by atoms with Crippen LogP contribution in [0.5, 0.6) is 5.75 Å². The predicted molar refractivity (Wildman–Crippen MR) is 128 cm³/mol. The molecule has 5 nitrogen and oxygen atoms in total. The lowest BCUT2D eigenvalue weighted by molar-refractivity contribution is 0.102. The summed E-state index contributed by atoms with van der Waals surface area (Å²) < 4.78 is 5.25. The van der Waals surface area contributed by atoms with Crippen LogP contribution in [0.2, 0.25) is 10.0 Å². The van der Waals surface area contributed by atoms with E-state index in [1.165, 1.54) is 11.3 Å². The number of hydrogen-bond acceptors (Lipinski definition) is 5. The molecule has 8 heteroatoms. The van der Waals surface area contributed by atoms with Crippen LogP contribution in [0.3, 0.4) is 0 Å². The van der Waals surface area contributed by atoms with Crippen LogP contribution >= 0.6 is 34.5 Å². The zero-order valence-electron chi connectivity index (χ0n) is 16.4. The molecule has 0 aliphatic rings. The number of carbonyl (C=O) groups is 1. The SMILES string of the molecule is COc1cccc(Nc2nc(-c3ccc(NC(=O)c4cc(Cl)cc(Cl)c4)cc3)cs2)c1. The Labute approximate surface area is 193 Å². The predicted octanol–water partition coefficient (Wildman–Crippen LogP) is 7.12. The molecule has 0 saturated carbocycles. The Bertz CT molecular complexity index is 1210. The van der Waals surface area contributed by atoms with E-state index in [9.17, 15) is 4.79 Å². The first-order valence-corrected chi connectivity index (χ1v) is 10.9. The second-order valence-corrected chi connectivity index (χ2v) is 8.32. The van der Waals surface area contributed by atoms with Gasteiger partial charge >= 0.3 is 0 Å². The molecule has 0 atom stereocenters. The molecular weight excluding hydrogens is 453 g/mol. The van der Waals surface area contributed by atoms with Crippen molar-refractivity contribution in [3.63, 3.8) is 0 Å². The molecule has 3 aromatic carbocycles. The molecule has 0 fully saturated rings. The van der Waals surface area contributed by atoms with Gasteiger partial charge in [0, 0.05) is 44.0 Å². The average Bonchev–Trinajstić information content (AvgIpc) is 3.22. The summed E-state index contributed by atoms with van der Waals surface area (Å²) in [6, 6.07) is 19.9. The van der Waals surface area contributed by atoms with Gasteiger partial charge in [0.2, 0.25) is 0 Å². The summed E-state index contributed by atoms with van der Waals surface area (Å²) in [6.07, 6.45) is 0. The molecule has 0 aliphatic heterocycles. The standard InChI is InChI=1S/C23H17Cl2N3O2S/c1-30-20-4-2-3-19(12-20)27-23-28-21(13-31-23)14-5-7-18(8-6-14)26-22(29)15-9-16(24)11-17(25)10-15/h2-13H,1H3,(H,26,29)(H,27,28). The minimum absolute atomic E-state index is 0.282. The number of nitrogens with zero attached hydrogens (tertiary/aromatic N) is 1. The normalized spacial score (nSPS) is 10.5.